The van der Waals surface area contributed by atoms with E-state index in [4.69, 9.17) is 11.6 Å². The summed E-state index contributed by atoms with van der Waals surface area (Å²) in [7, 11) is 0. The molecule has 0 radical (unpaired) electrons. The van der Waals surface area contributed by atoms with Crippen molar-refractivity contribution < 1.29 is 4.79 Å². The van der Waals surface area contributed by atoms with Gasteiger partial charge < -0.3 is 15.5 Å². The molecule has 0 spiro atoms. The lowest BCUT2D eigenvalue weighted by molar-refractivity contribution is -0.114. The molecule has 0 saturated carbocycles. The molecule has 0 aliphatic carbocycles. The minimum Gasteiger partial charge on any atom is -0.341 e. The number of carbonyl (C=O) groups is 1. The molecule has 1 aromatic heterocycles. The Hall–Kier alpha value is -3.19. The molecule has 2 aromatic carbocycles. The molecular weight excluding hydrogens is 400 g/mol. The molecule has 2 heterocycles. The van der Waals surface area contributed by atoms with Gasteiger partial charge in [-0.1, -0.05) is 29.8 Å². The van der Waals surface area contributed by atoms with Crippen molar-refractivity contribution in [1.82, 2.24) is 15.0 Å². The first kappa shape index (κ1) is 20.1. The molecule has 0 atom stereocenters. The first-order chi connectivity index (χ1) is 14.6. The zero-order valence-electron chi connectivity index (χ0n) is 16.7. The van der Waals surface area contributed by atoms with Gasteiger partial charge in [0.2, 0.25) is 17.8 Å². The molecule has 8 heteroatoms. The molecular formula is C22H23ClN6O. The number of halogens is 1. The van der Waals surface area contributed by atoms with Crippen LogP contribution in [0, 0.1) is 0 Å². The number of amides is 1. The molecule has 154 valence electrons. The van der Waals surface area contributed by atoms with Crippen molar-refractivity contribution in [2.45, 2.75) is 25.7 Å². The lowest BCUT2D eigenvalue weighted by Gasteiger charge is -2.32. The topological polar surface area (TPSA) is 83.0 Å². The number of benzene rings is 2. The maximum absolute atomic E-state index is 11.3. The zero-order valence-corrected chi connectivity index (χ0v) is 17.4. The maximum Gasteiger partial charge on any atom is 0.231 e. The highest BCUT2D eigenvalue weighted by Crippen LogP contribution is 2.30. The van der Waals surface area contributed by atoms with Crippen molar-refractivity contribution in [3.8, 4) is 0 Å². The minimum absolute atomic E-state index is 0.114. The molecule has 7 nitrogen and oxygen atoms in total. The standard InChI is InChI=1S/C22H23ClN6O/c1-15(30)26-19-3-2-4-20(13-19)27-21-24-14-25-22(28-21)29-11-9-17(10-12-29)16-5-7-18(23)8-6-16/h2-8,13-14,17H,9-12H2,1H3,(H,26,30)(H,24,25,27,28). The monoisotopic (exact) mass is 422 g/mol. The fourth-order valence-electron chi connectivity index (χ4n) is 3.66. The predicted octanol–water partition coefficient (Wildman–Crippen LogP) is 4.61. The highest BCUT2D eigenvalue weighted by molar-refractivity contribution is 6.30. The van der Waals surface area contributed by atoms with Gasteiger partial charge in [-0.15, -0.1) is 0 Å². The van der Waals surface area contributed by atoms with E-state index in [1.165, 1.54) is 18.8 Å². The van der Waals surface area contributed by atoms with Gasteiger partial charge in [0, 0.05) is 36.4 Å². The van der Waals surface area contributed by atoms with E-state index in [0.717, 1.165) is 36.6 Å². The number of piperidine rings is 1. The summed E-state index contributed by atoms with van der Waals surface area (Å²) in [4.78, 5) is 26.6. The first-order valence-corrected chi connectivity index (χ1v) is 10.3. The van der Waals surface area contributed by atoms with E-state index >= 15 is 0 Å². The summed E-state index contributed by atoms with van der Waals surface area (Å²) in [6, 6.07) is 15.6. The van der Waals surface area contributed by atoms with Crippen LogP contribution in [-0.2, 0) is 4.79 Å². The summed E-state index contributed by atoms with van der Waals surface area (Å²) < 4.78 is 0. The molecule has 1 fully saturated rings. The average Bonchev–Trinajstić information content (AvgIpc) is 2.74. The number of rotatable bonds is 5. The summed E-state index contributed by atoms with van der Waals surface area (Å²) in [6.45, 7) is 3.25. The lowest BCUT2D eigenvalue weighted by Crippen LogP contribution is -2.34. The van der Waals surface area contributed by atoms with Crippen LogP contribution in [0.3, 0.4) is 0 Å². The van der Waals surface area contributed by atoms with E-state index in [1.807, 2.05) is 36.4 Å². The number of carbonyl (C=O) groups excluding carboxylic acids is 1. The Labute approximate surface area is 180 Å². The van der Waals surface area contributed by atoms with Gasteiger partial charge in [0.15, 0.2) is 0 Å². The third-order valence-electron chi connectivity index (χ3n) is 5.12. The number of nitrogens with one attached hydrogen (secondary N) is 2. The van der Waals surface area contributed by atoms with Crippen molar-refractivity contribution in [1.29, 1.82) is 0 Å². The van der Waals surface area contributed by atoms with Crippen molar-refractivity contribution >= 4 is 40.8 Å². The summed E-state index contributed by atoms with van der Waals surface area (Å²) >= 11 is 6.00. The minimum atomic E-state index is -0.114. The van der Waals surface area contributed by atoms with E-state index < -0.39 is 0 Å². The maximum atomic E-state index is 11.3. The Morgan fingerprint density at radius 3 is 2.53 bits per heavy atom. The molecule has 1 saturated heterocycles. The van der Waals surface area contributed by atoms with Crippen molar-refractivity contribution in [3.05, 3.63) is 65.4 Å². The Kier molecular flexibility index (Phi) is 6.09. The van der Waals surface area contributed by atoms with Crippen LogP contribution in [0.15, 0.2) is 54.9 Å². The van der Waals surface area contributed by atoms with E-state index in [9.17, 15) is 4.79 Å². The molecule has 0 bridgehead atoms. The number of hydrogen-bond acceptors (Lipinski definition) is 6. The molecule has 4 rings (SSSR count). The van der Waals surface area contributed by atoms with Gasteiger partial charge in [0.05, 0.1) is 0 Å². The zero-order chi connectivity index (χ0) is 20.9. The summed E-state index contributed by atoms with van der Waals surface area (Å²) in [5.41, 5.74) is 2.84. The second-order valence-corrected chi connectivity index (χ2v) is 7.75. The molecule has 0 unspecified atom stereocenters. The number of anilines is 4. The van der Waals surface area contributed by atoms with E-state index in [-0.39, 0.29) is 5.91 Å². The van der Waals surface area contributed by atoms with Gasteiger partial charge in [-0.25, -0.2) is 9.97 Å². The quantitative estimate of drug-likeness (QED) is 0.624. The van der Waals surface area contributed by atoms with Gasteiger partial charge in [0.25, 0.3) is 0 Å². The van der Waals surface area contributed by atoms with E-state index in [0.29, 0.717) is 23.5 Å². The van der Waals surface area contributed by atoms with Gasteiger partial charge >= 0.3 is 0 Å². The van der Waals surface area contributed by atoms with Crippen LogP contribution in [0.5, 0.6) is 0 Å². The van der Waals surface area contributed by atoms with Crippen molar-refractivity contribution in [3.63, 3.8) is 0 Å². The Bertz CT molecular complexity index is 1020. The van der Waals surface area contributed by atoms with Crippen molar-refractivity contribution in [2.24, 2.45) is 0 Å². The lowest BCUT2D eigenvalue weighted by atomic mass is 9.90. The molecule has 1 aliphatic rings. The second kappa shape index (κ2) is 9.09. The van der Waals surface area contributed by atoms with Crippen molar-refractivity contribution in [2.75, 3.05) is 28.6 Å². The van der Waals surface area contributed by atoms with Crippen LogP contribution in [0.25, 0.3) is 0 Å². The van der Waals surface area contributed by atoms with Crippen LogP contribution in [0.1, 0.15) is 31.2 Å². The molecule has 1 aliphatic heterocycles. The van der Waals surface area contributed by atoms with Crippen LogP contribution >= 0.6 is 11.6 Å². The predicted molar refractivity (Wildman–Crippen MR) is 119 cm³/mol. The Morgan fingerprint density at radius 2 is 1.80 bits per heavy atom. The summed E-state index contributed by atoms with van der Waals surface area (Å²) in [5.74, 6) is 1.55. The van der Waals surface area contributed by atoms with E-state index in [1.54, 1.807) is 0 Å². The SMILES string of the molecule is CC(=O)Nc1cccc(Nc2ncnc(N3CCC(c4ccc(Cl)cc4)CC3)n2)c1. The third-order valence-corrected chi connectivity index (χ3v) is 5.37. The van der Waals surface area contributed by atoms with E-state index in [2.05, 4.69) is 42.6 Å². The number of nitrogens with zero attached hydrogens (tertiary/aromatic N) is 4. The third kappa shape index (κ3) is 5.04. The first-order valence-electron chi connectivity index (χ1n) is 9.91. The fourth-order valence-corrected chi connectivity index (χ4v) is 3.78. The normalized spacial score (nSPS) is 14.4. The molecule has 1 amide bonds. The highest BCUT2D eigenvalue weighted by atomic mass is 35.5. The van der Waals surface area contributed by atoms with Crippen LogP contribution in [0.2, 0.25) is 5.02 Å². The number of aromatic nitrogens is 3. The summed E-state index contributed by atoms with van der Waals surface area (Å²) in [6.07, 6.45) is 3.59. The highest BCUT2D eigenvalue weighted by Gasteiger charge is 2.22. The molecule has 30 heavy (non-hydrogen) atoms. The van der Waals surface area contributed by atoms with Gasteiger partial charge in [-0.05, 0) is 54.7 Å². The summed E-state index contributed by atoms with van der Waals surface area (Å²) in [5, 5.41) is 6.72. The van der Waals surface area contributed by atoms with Crippen LogP contribution in [-0.4, -0.2) is 33.9 Å². The average molecular weight is 423 g/mol. The smallest absolute Gasteiger partial charge is 0.231 e. The number of hydrogen-bond donors (Lipinski definition) is 2. The van der Waals surface area contributed by atoms with Gasteiger partial charge in [0.1, 0.15) is 6.33 Å². The Balaban J connectivity index is 1.40. The van der Waals surface area contributed by atoms with Crippen LogP contribution < -0.4 is 15.5 Å². The van der Waals surface area contributed by atoms with Gasteiger partial charge in [-0.2, -0.15) is 4.98 Å². The second-order valence-electron chi connectivity index (χ2n) is 7.31. The Morgan fingerprint density at radius 1 is 1.07 bits per heavy atom. The van der Waals surface area contributed by atoms with Gasteiger partial charge in [-0.3, -0.25) is 4.79 Å². The molecule has 2 N–H and O–H groups in total. The van der Waals surface area contributed by atoms with Crippen LogP contribution in [0.4, 0.5) is 23.3 Å². The molecule has 3 aromatic rings. The largest absolute Gasteiger partial charge is 0.341 e. The fraction of sp³-hybridized carbons (Fsp3) is 0.273.